The third kappa shape index (κ3) is 2.18. The lowest BCUT2D eigenvalue weighted by Gasteiger charge is -2.11. The van der Waals surface area contributed by atoms with E-state index in [2.05, 4.69) is 15.5 Å². The maximum atomic E-state index is 9.38. The van der Waals surface area contributed by atoms with E-state index in [4.69, 9.17) is 4.52 Å². The maximum absolute atomic E-state index is 9.38. The van der Waals surface area contributed by atoms with Crippen LogP contribution in [-0.4, -0.2) is 27.9 Å². The van der Waals surface area contributed by atoms with E-state index >= 15 is 0 Å². The molecule has 2 N–H and O–H groups in total. The van der Waals surface area contributed by atoms with Crippen LogP contribution in [0, 0.1) is 0 Å². The molecular weight excluding hydrogens is 194 g/mol. The molecule has 15 heavy (non-hydrogen) atoms. The van der Waals surface area contributed by atoms with Crippen LogP contribution in [0.2, 0.25) is 0 Å². The number of nitrogens with zero attached hydrogens (tertiary/aromatic N) is 2. The first kappa shape index (κ1) is 10.6. The van der Waals surface area contributed by atoms with Crippen molar-refractivity contribution in [2.24, 2.45) is 0 Å². The Morgan fingerprint density at radius 3 is 2.67 bits per heavy atom. The smallest absolute Gasteiger partial charge is 0.243 e. The van der Waals surface area contributed by atoms with Crippen molar-refractivity contribution in [1.29, 1.82) is 0 Å². The van der Waals surface area contributed by atoms with Crippen LogP contribution in [0.3, 0.4) is 0 Å². The van der Waals surface area contributed by atoms with Crippen molar-refractivity contribution in [2.45, 2.75) is 44.8 Å². The van der Waals surface area contributed by atoms with Crippen molar-refractivity contribution >= 4 is 0 Å². The summed E-state index contributed by atoms with van der Waals surface area (Å²) in [6.07, 6.45) is 0.339. The van der Waals surface area contributed by atoms with Crippen molar-refractivity contribution < 1.29 is 9.63 Å². The van der Waals surface area contributed by atoms with Crippen LogP contribution in [0.4, 0.5) is 0 Å². The van der Waals surface area contributed by atoms with Gasteiger partial charge in [0, 0.05) is 12.0 Å². The van der Waals surface area contributed by atoms with Gasteiger partial charge in [0.1, 0.15) is 0 Å². The van der Waals surface area contributed by atoms with Gasteiger partial charge in [0.15, 0.2) is 5.82 Å². The van der Waals surface area contributed by atoms with Gasteiger partial charge in [-0.2, -0.15) is 4.98 Å². The summed E-state index contributed by atoms with van der Waals surface area (Å²) < 4.78 is 5.19. The molecular formula is C10H17N3O2. The molecule has 0 amide bonds. The zero-order valence-corrected chi connectivity index (χ0v) is 9.32. The Morgan fingerprint density at radius 1 is 1.47 bits per heavy atom. The Labute approximate surface area is 88.9 Å². The van der Waals surface area contributed by atoms with E-state index in [1.165, 1.54) is 0 Å². The van der Waals surface area contributed by atoms with Crippen LogP contribution >= 0.6 is 0 Å². The highest BCUT2D eigenvalue weighted by atomic mass is 16.5. The second kappa shape index (κ2) is 3.57. The predicted octanol–water partition coefficient (Wildman–Crippen LogP) is 0.762. The topological polar surface area (TPSA) is 71.2 Å². The fourth-order valence-electron chi connectivity index (χ4n) is 1.59. The minimum Gasteiger partial charge on any atom is -0.392 e. The van der Waals surface area contributed by atoms with Gasteiger partial charge in [-0.15, -0.1) is 0 Å². The SMILES string of the molecule is CC(C)(C)c1noc([C@@H]2CC(O)CN2)n1. The molecule has 0 spiro atoms. The second-order valence-electron chi connectivity index (χ2n) is 5.06. The van der Waals surface area contributed by atoms with Crippen LogP contribution in [-0.2, 0) is 5.41 Å². The highest BCUT2D eigenvalue weighted by Gasteiger charge is 2.30. The fraction of sp³-hybridized carbons (Fsp3) is 0.800. The van der Waals surface area contributed by atoms with E-state index in [-0.39, 0.29) is 17.6 Å². The van der Waals surface area contributed by atoms with E-state index < -0.39 is 0 Å². The van der Waals surface area contributed by atoms with Crippen LogP contribution in [0.5, 0.6) is 0 Å². The Bertz CT molecular complexity index is 343. The van der Waals surface area contributed by atoms with Crippen molar-refractivity contribution in [1.82, 2.24) is 15.5 Å². The first-order chi connectivity index (χ1) is 6.97. The molecule has 1 unspecified atom stereocenters. The zero-order chi connectivity index (χ0) is 11.1. The molecule has 84 valence electrons. The number of hydrogen-bond donors (Lipinski definition) is 2. The fourth-order valence-corrected chi connectivity index (χ4v) is 1.59. The molecule has 0 saturated carbocycles. The van der Waals surface area contributed by atoms with Gasteiger partial charge in [-0.3, -0.25) is 0 Å². The van der Waals surface area contributed by atoms with Gasteiger partial charge < -0.3 is 14.9 Å². The summed E-state index contributed by atoms with van der Waals surface area (Å²) in [5.74, 6) is 1.29. The minimum absolute atomic E-state index is 0.00333. The van der Waals surface area contributed by atoms with E-state index in [9.17, 15) is 5.11 Å². The van der Waals surface area contributed by atoms with Gasteiger partial charge in [-0.1, -0.05) is 25.9 Å². The molecule has 2 rings (SSSR count). The van der Waals surface area contributed by atoms with Crippen molar-refractivity contribution in [2.75, 3.05) is 6.54 Å². The Kier molecular flexibility index (Phi) is 2.52. The van der Waals surface area contributed by atoms with Gasteiger partial charge in [-0.25, -0.2) is 0 Å². The summed E-state index contributed by atoms with van der Waals surface area (Å²) in [4.78, 5) is 4.35. The standard InChI is InChI=1S/C10H17N3O2/c1-10(2,3)9-12-8(15-13-9)7-4-6(14)5-11-7/h6-7,11,14H,4-5H2,1-3H3/t6?,7-/m0/s1. The third-order valence-electron chi connectivity index (χ3n) is 2.52. The van der Waals surface area contributed by atoms with E-state index in [1.807, 2.05) is 20.8 Å². The maximum Gasteiger partial charge on any atom is 0.243 e. The van der Waals surface area contributed by atoms with Crippen LogP contribution in [0.15, 0.2) is 4.52 Å². The lowest BCUT2D eigenvalue weighted by Crippen LogP contribution is -2.16. The molecule has 0 aromatic carbocycles. The molecule has 1 saturated heterocycles. The Balaban J connectivity index is 2.14. The molecule has 1 fully saturated rings. The first-order valence-electron chi connectivity index (χ1n) is 5.22. The minimum atomic E-state index is -0.306. The molecule has 0 bridgehead atoms. The first-order valence-corrected chi connectivity index (χ1v) is 5.22. The summed E-state index contributed by atoms with van der Waals surface area (Å²) in [5, 5.41) is 16.5. The summed E-state index contributed by atoms with van der Waals surface area (Å²) in [7, 11) is 0. The van der Waals surface area contributed by atoms with Crippen molar-refractivity contribution in [3.8, 4) is 0 Å². The number of rotatable bonds is 1. The average molecular weight is 211 g/mol. The monoisotopic (exact) mass is 211 g/mol. The van der Waals surface area contributed by atoms with Gasteiger partial charge in [-0.05, 0) is 6.42 Å². The summed E-state index contributed by atoms with van der Waals surface area (Å²) in [6.45, 7) is 6.72. The van der Waals surface area contributed by atoms with E-state index in [0.29, 0.717) is 24.7 Å². The number of hydrogen-bond acceptors (Lipinski definition) is 5. The summed E-state index contributed by atoms with van der Waals surface area (Å²) >= 11 is 0. The molecule has 5 heteroatoms. The van der Waals surface area contributed by atoms with E-state index in [0.717, 1.165) is 0 Å². The number of aliphatic hydroxyl groups excluding tert-OH is 1. The summed E-state index contributed by atoms with van der Waals surface area (Å²) in [6, 6.07) is 0.00333. The normalized spacial score (nSPS) is 27.2. The highest BCUT2D eigenvalue weighted by molar-refractivity contribution is 5.03. The molecule has 1 aromatic heterocycles. The lowest BCUT2D eigenvalue weighted by atomic mass is 9.96. The largest absolute Gasteiger partial charge is 0.392 e. The van der Waals surface area contributed by atoms with E-state index in [1.54, 1.807) is 0 Å². The summed E-state index contributed by atoms with van der Waals surface area (Å²) in [5.41, 5.74) is -0.0982. The molecule has 1 aromatic rings. The van der Waals surface area contributed by atoms with Crippen LogP contribution in [0.25, 0.3) is 0 Å². The molecule has 0 radical (unpaired) electrons. The third-order valence-corrected chi connectivity index (χ3v) is 2.52. The number of nitrogens with one attached hydrogen (secondary N) is 1. The molecule has 2 atom stereocenters. The highest BCUT2D eigenvalue weighted by Crippen LogP contribution is 2.25. The zero-order valence-electron chi connectivity index (χ0n) is 9.32. The van der Waals surface area contributed by atoms with Crippen molar-refractivity contribution in [3.63, 3.8) is 0 Å². The van der Waals surface area contributed by atoms with Gasteiger partial charge in [0.05, 0.1) is 12.1 Å². The number of aliphatic hydroxyl groups is 1. The van der Waals surface area contributed by atoms with Crippen molar-refractivity contribution in [3.05, 3.63) is 11.7 Å². The molecule has 5 nitrogen and oxygen atoms in total. The van der Waals surface area contributed by atoms with Crippen LogP contribution in [0.1, 0.15) is 44.9 Å². The average Bonchev–Trinajstić information content (AvgIpc) is 2.69. The molecule has 0 aliphatic carbocycles. The van der Waals surface area contributed by atoms with Gasteiger partial charge >= 0.3 is 0 Å². The molecule has 2 heterocycles. The van der Waals surface area contributed by atoms with Gasteiger partial charge in [0.2, 0.25) is 5.89 Å². The predicted molar refractivity (Wildman–Crippen MR) is 54.4 cm³/mol. The van der Waals surface area contributed by atoms with Crippen LogP contribution < -0.4 is 5.32 Å². The Hall–Kier alpha value is -0.940. The quantitative estimate of drug-likeness (QED) is 0.717. The lowest BCUT2D eigenvalue weighted by molar-refractivity contribution is 0.191. The second-order valence-corrected chi connectivity index (χ2v) is 5.06. The number of aromatic nitrogens is 2. The van der Waals surface area contributed by atoms with Gasteiger partial charge in [0.25, 0.3) is 0 Å². The molecule has 1 aliphatic rings. The Morgan fingerprint density at radius 2 is 2.20 bits per heavy atom. The molecule has 1 aliphatic heterocycles. The number of β-amino-alcohol motifs (C(OH)–C–C–N with tert-alkyl or cyclic N) is 1.